The van der Waals surface area contributed by atoms with Crippen LogP contribution >= 0.6 is 11.8 Å². The van der Waals surface area contributed by atoms with Gasteiger partial charge in [0.05, 0.1) is 11.4 Å². The second-order valence-electron chi connectivity index (χ2n) is 5.84. The molecule has 2 rings (SSSR count). The van der Waals surface area contributed by atoms with Crippen molar-refractivity contribution in [1.29, 1.82) is 0 Å². The Hall–Kier alpha value is -2.24. The number of aromatic nitrogens is 4. The van der Waals surface area contributed by atoms with Crippen LogP contribution in [0.4, 0.5) is 19.1 Å². The molecule has 12 heteroatoms. The minimum Gasteiger partial charge on any atom is -0.338 e. The van der Waals surface area contributed by atoms with Gasteiger partial charge in [0.1, 0.15) is 0 Å². The van der Waals surface area contributed by atoms with E-state index in [-0.39, 0.29) is 22.2 Å². The number of anilines is 1. The molecule has 1 amide bonds. The lowest BCUT2D eigenvalue weighted by Crippen LogP contribution is -2.21. The first-order chi connectivity index (χ1) is 11.0. The third kappa shape index (κ3) is 4.19. The number of thioether (sulfide) groups is 1. The number of alkyl halides is 3. The number of amides is 1. The van der Waals surface area contributed by atoms with Crippen LogP contribution < -0.4 is 11.2 Å². The van der Waals surface area contributed by atoms with Gasteiger partial charge in [0, 0.05) is 11.5 Å². The van der Waals surface area contributed by atoms with E-state index in [0.717, 1.165) is 0 Å². The van der Waals surface area contributed by atoms with Crippen molar-refractivity contribution in [2.45, 2.75) is 37.5 Å². The van der Waals surface area contributed by atoms with E-state index < -0.39 is 17.9 Å². The van der Waals surface area contributed by atoms with Gasteiger partial charge in [-0.3, -0.25) is 10.1 Å². The summed E-state index contributed by atoms with van der Waals surface area (Å²) in [6.07, 6.45) is -4.72. The fourth-order valence-electron chi connectivity index (χ4n) is 1.56. The Morgan fingerprint density at radius 3 is 2.54 bits per heavy atom. The number of rotatable bonds is 4. The van der Waals surface area contributed by atoms with Gasteiger partial charge in [0.15, 0.2) is 0 Å². The quantitative estimate of drug-likeness (QED) is 0.630. The molecule has 0 unspecified atom stereocenters. The van der Waals surface area contributed by atoms with Crippen LogP contribution in [0.25, 0.3) is 0 Å². The highest BCUT2D eigenvalue weighted by atomic mass is 32.2. The van der Waals surface area contributed by atoms with E-state index in [0.29, 0.717) is 22.1 Å². The van der Waals surface area contributed by atoms with Gasteiger partial charge in [-0.1, -0.05) is 37.7 Å². The first-order valence-electron chi connectivity index (χ1n) is 6.66. The van der Waals surface area contributed by atoms with Crippen LogP contribution in [0.15, 0.2) is 15.7 Å². The summed E-state index contributed by atoms with van der Waals surface area (Å²) in [6.45, 7) is 5.79. The van der Waals surface area contributed by atoms with E-state index in [9.17, 15) is 18.0 Å². The largest absolute Gasteiger partial charge is 0.453 e. The van der Waals surface area contributed by atoms with Crippen LogP contribution in [0.2, 0.25) is 0 Å². The van der Waals surface area contributed by atoms with Crippen LogP contribution in [0, 0.1) is 0 Å². The zero-order valence-electron chi connectivity index (χ0n) is 13.0. The van der Waals surface area contributed by atoms with Crippen molar-refractivity contribution in [1.82, 2.24) is 20.0 Å². The predicted octanol–water partition coefficient (Wildman–Crippen LogP) is 2.03. The van der Waals surface area contributed by atoms with Crippen molar-refractivity contribution in [3.63, 3.8) is 0 Å². The molecule has 2 aromatic rings. The van der Waals surface area contributed by atoms with Crippen molar-refractivity contribution < 1.29 is 22.5 Å². The van der Waals surface area contributed by atoms with Crippen molar-refractivity contribution in [3.05, 3.63) is 17.6 Å². The smallest absolute Gasteiger partial charge is 0.338 e. The summed E-state index contributed by atoms with van der Waals surface area (Å²) in [5.74, 6) is 3.35. The van der Waals surface area contributed by atoms with Gasteiger partial charge in [-0.15, -0.1) is 10.2 Å². The van der Waals surface area contributed by atoms with Crippen molar-refractivity contribution in [3.8, 4) is 0 Å². The molecule has 0 fully saturated rings. The van der Waals surface area contributed by atoms with E-state index in [1.165, 1.54) is 0 Å². The molecule has 8 nitrogen and oxygen atoms in total. The Kier molecular flexibility index (Phi) is 4.78. The van der Waals surface area contributed by atoms with Crippen LogP contribution in [0.5, 0.6) is 0 Å². The highest BCUT2D eigenvalue weighted by molar-refractivity contribution is 7.99. The van der Waals surface area contributed by atoms with Crippen LogP contribution in [-0.4, -0.2) is 31.7 Å². The maximum atomic E-state index is 12.5. The molecule has 0 spiro atoms. The topological polar surface area (TPSA) is 112 Å². The number of nitrogens with one attached hydrogen (secondary N) is 1. The monoisotopic (exact) mass is 364 g/mol. The minimum absolute atomic E-state index is 0.149. The van der Waals surface area contributed by atoms with Gasteiger partial charge in [-0.05, 0) is 0 Å². The number of hydrogen-bond donors (Lipinski definition) is 2. The Labute approximate surface area is 138 Å². The van der Waals surface area contributed by atoms with E-state index in [4.69, 9.17) is 10.4 Å². The van der Waals surface area contributed by atoms with E-state index in [1.807, 2.05) is 20.8 Å². The first-order valence-corrected chi connectivity index (χ1v) is 7.64. The molecule has 0 aromatic carbocycles. The van der Waals surface area contributed by atoms with Gasteiger partial charge in [0.25, 0.3) is 5.82 Å². The predicted molar refractivity (Wildman–Crippen MR) is 79.7 cm³/mol. The maximum absolute atomic E-state index is 12.5. The second kappa shape index (κ2) is 6.34. The fraction of sp³-hybridized carbons (Fsp3) is 0.500. The SMILES string of the molecule is CC(C)(C)c1cc(NC(=O)CSc2nnc(C(F)(F)F)n2N)on1. The summed E-state index contributed by atoms with van der Waals surface area (Å²) < 4.78 is 42.9. The van der Waals surface area contributed by atoms with Gasteiger partial charge in [-0.2, -0.15) is 13.2 Å². The number of nitrogens with two attached hydrogens (primary N) is 1. The fourth-order valence-corrected chi connectivity index (χ4v) is 2.22. The number of carbonyl (C=O) groups excluding carboxylic acids is 1. The number of carbonyl (C=O) groups is 1. The molecular formula is C12H15F3N6O2S. The van der Waals surface area contributed by atoms with Crippen LogP contribution in [0.1, 0.15) is 32.3 Å². The lowest BCUT2D eigenvalue weighted by Gasteiger charge is -2.12. The zero-order valence-corrected chi connectivity index (χ0v) is 13.8. The molecule has 0 saturated carbocycles. The molecular weight excluding hydrogens is 349 g/mol. The summed E-state index contributed by atoms with van der Waals surface area (Å²) in [5, 5.41) is 12.3. The second-order valence-corrected chi connectivity index (χ2v) is 6.78. The molecule has 0 atom stereocenters. The zero-order chi connectivity index (χ0) is 18.1. The number of halogens is 3. The van der Waals surface area contributed by atoms with Gasteiger partial charge in [0.2, 0.25) is 16.9 Å². The Balaban J connectivity index is 1.95. The summed E-state index contributed by atoms with van der Waals surface area (Å²) in [6, 6.07) is 1.58. The van der Waals surface area contributed by atoms with E-state index in [2.05, 4.69) is 20.7 Å². The molecule has 0 aliphatic carbocycles. The summed E-state index contributed by atoms with van der Waals surface area (Å²) in [5.41, 5.74) is 0.410. The molecule has 132 valence electrons. The van der Waals surface area contributed by atoms with Gasteiger partial charge < -0.3 is 10.4 Å². The average Bonchev–Trinajstić information content (AvgIpc) is 3.02. The normalized spacial score (nSPS) is 12.4. The Morgan fingerprint density at radius 1 is 1.38 bits per heavy atom. The third-order valence-corrected chi connectivity index (χ3v) is 3.73. The van der Waals surface area contributed by atoms with Gasteiger partial charge in [-0.25, -0.2) is 4.68 Å². The minimum atomic E-state index is -4.72. The molecule has 0 radical (unpaired) electrons. The van der Waals surface area contributed by atoms with Crippen molar-refractivity contribution in [2.24, 2.45) is 0 Å². The molecule has 0 aliphatic rings. The molecule has 0 aliphatic heterocycles. The van der Waals surface area contributed by atoms with Crippen LogP contribution in [-0.2, 0) is 16.4 Å². The number of hydrogen-bond acceptors (Lipinski definition) is 7. The molecule has 3 N–H and O–H groups in total. The summed E-state index contributed by atoms with van der Waals surface area (Å²) in [4.78, 5) is 11.8. The average molecular weight is 364 g/mol. The summed E-state index contributed by atoms with van der Waals surface area (Å²) in [7, 11) is 0. The molecule has 0 bridgehead atoms. The number of nitrogen functional groups attached to an aromatic ring is 1. The molecule has 24 heavy (non-hydrogen) atoms. The van der Waals surface area contributed by atoms with Gasteiger partial charge >= 0.3 is 6.18 Å². The van der Waals surface area contributed by atoms with Crippen molar-refractivity contribution in [2.75, 3.05) is 16.9 Å². The van der Waals surface area contributed by atoms with Crippen LogP contribution in [0.3, 0.4) is 0 Å². The maximum Gasteiger partial charge on any atom is 0.453 e. The lowest BCUT2D eigenvalue weighted by atomic mass is 9.92. The van der Waals surface area contributed by atoms with E-state index in [1.54, 1.807) is 6.07 Å². The van der Waals surface area contributed by atoms with Crippen molar-refractivity contribution >= 4 is 23.6 Å². The first kappa shape index (κ1) is 18.1. The Morgan fingerprint density at radius 2 is 2.04 bits per heavy atom. The third-order valence-electron chi connectivity index (χ3n) is 2.79. The molecule has 2 aromatic heterocycles. The summed E-state index contributed by atoms with van der Waals surface area (Å²) >= 11 is 0.714. The molecule has 0 saturated heterocycles. The molecule has 2 heterocycles. The lowest BCUT2D eigenvalue weighted by molar-refractivity contribution is -0.146. The highest BCUT2D eigenvalue weighted by Crippen LogP contribution is 2.29. The number of nitrogens with zero attached hydrogens (tertiary/aromatic N) is 4. The Bertz CT molecular complexity index is 734. The highest BCUT2D eigenvalue weighted by Gasteiger charge is 2.38. The van der Waals surface area contributed by atoms with E-state index >= 15 is 0 Å². The standard InChI is InChI=1S/C12H15F3N6O2S/c1-11(2,3)6-4-8(23-20-6)17-7(22)5-24-10-19-18-9(21(10)16)12(13,14)15/h4H,5,16H2,1-3H3,(H,17,22).